The monoisotopic (exact) mass is 312 g/mol. The summed E-state index contributed by atoms with van der Waals surface area (Å²) in [6.45, 7) is 0. The lowest BCUT2D eigenvalue weighted by atomic mass is 10.2. The zero-order valence-electron chi connectivity index (χ0n) is 11.7. The molecule has 1 saturated carbocycles. The first-order valence-corrected chi connectivity index (χ1v) is 7.54. The van der Waals surface area contributed by atoms with Gasteiger partial charge in [0.2, 0.25) is 11.8 Å². The molecule has 3 aromatic rings. The number of nitrogens with zero attached hydrogens (tertiary/aromatic N) is 1. The van der Waals surface area contributed by atoms with E-state index < -0.39 is 0 Å². The van der Waals surface area contributed by atoms with E-state index >= 15 is 0 Å². The van der Waals surface area contributed by atoms with Crippen molar-refractivity contribution in [1.29, 1.82) is 0 Å². The molecule has 0 radical (unpaired) electrons. The second-order valence-corrected chi connectivity index (χ2v) is 5.91. The average Bonchev–Trinajstić information content (AvgIpc) is 3.27. The van der Waals surface area contributed by atoms with Crippen molar-refractivity contribution in [1.82, 2.24) is 4.98 Å². The van der Waals surface area contributed by atoms with Gasteiger partial charge in [-0.25, -0.2) is 4.98 Å². The molecule has 1 N–H and O–H groups in total. The standard InChI is InChI=1S/C17H13ClN2O2/c18-12-6-7-15-14(9-12)20-17(22-15)11-2-1-3-13(8-11)19-16(21)10-4-5-10/h1-3,6-10H,4-5H2,(H,19,21). The Morgan fingerprint density at radius 3 is 2.91 bits per heavy atom. The summed E-state index contributed by atoms with van der Waals surface area (Å²) in [6, 6.07) is 12.8. The zero-order chi connectivity index (χ0) is 15.1. The Bertz CT molecular complexity index is 868. The van der Waals surface area contributed by atoms with Crippen molar-refractivity contribution in [3.8, 4) is 11.5 Å². The van der Waals surface area contributed by atoms with Crippen molar-refractivity contribution in [3.05, 3.63) is 47.5 Å². The van der Waals surface area contributed by atoms with Gasteiger partial charge in [-0.05, 0) is 49.2 Å². The summed E-state index contributed by atoms with van der Waals surface area (Å²) in [4.78, 5) is 16.3. The highest BCUT2D eigenvalue weighted by Crippen LogP contribution is 2.31. The van der Waals surface area contributed by atoms with E-state index in [0.717, 1.165) is 29.6 Å². The van der Waals surface area contributed by atoms with Crippen LogP contribution in [0.1, 0.15) is 12.8 Å². The molecule has 4 rings (SSSR count). The van der Waals surface area contributed by atoms with Crippen LogP contribution in [-0.2, 0) is 4.79 Å². The van der Waals surface area contributed by atoms with Crippen molar-refractivity contribution >= 4 is 34.3 Å². The first-order valence-electron chi connectivity index (χ1n) is 7.16. The summed E-state index contributed by atoms with van der Waals surface area (Å²) in [5.74, 6) is 0.774. The fourth-order valence-electron chi connectivity index (χ4n) is 2.34. The van der Waals surface area contributed by atoms with Gasteiger partial charge in [0.15, 0.2) is 5.58 Å². The van der Waals surface area contributed by atoms with Crippen LogP contribution in [0.15, 0.2) is 46.9 Å². The second-order valence-electron chi connectivity index (χ2n) is 5.48. The summed E-state index contributed by atoms with van der Waals surface area (Å²) < 4.78 is 5.75. The van der Waals surface area contributed by atoms with Gasteiger partial charge in [0.1, 0.15) is 5.52 Å². The topological polar surface area (TPSA) is 55.1 Å². The number of hydrogen-bond acceptors (Lipinski definition) is 3. The predicted octanol–water partition coefficient (Wildman–Crippen LogP) is 4.50. The van der Waals surface area contributed by atoms with Crippen LogP contribution in [0.5, 0.6) is 0 Å². The van der Waals surface area contributed by atoms with E-state index in [-0.39, 0.29) is 11.8 Å². The number of anilines is 1. The number of halogens is 1. The van der Waals surface area contributed by atoms with E-state index in [2.05, 4.69) is 10.3 Å². The van der Waals surface area contributed by atoms with Crippen molar-refractivity contribution in [2.75, 3.05) is 5.32 Å². The molecule has 1 amide bonds. The number of carbonyl (C=O) groups is 1. The van der Waals surface area contributed by atoms with E-state index in [4.69, 9.17) is 16.0 Å². The van der Waals surface area contributed by atoms with Crippen LogP contribution in [0, 0.1) is 5.92 Å². The summed E-state index contributed by atoms with van der Waals surface area (Å²) in [7, 11) is 0. The van der Waals surface area contributed by atoms with Crippen LogP contribution in [0.25, 0.3) is 22.6 Å². The number of aromatic nitrogens is 1. The number of carbonyl (C=O) groups excluding carboxylic acids is 1. The summed E-state index contributed by atoms with van der Waals surface area (Å²) >= 11 is 5.96. The number of benzene rings is 2. The van der Waals surface area contributed by atoms with Gasteiger partial charge in [0, 0.05) is 22.2 Å². The van der Waals surface area contributed by atoms with Gasteiger partial charge < -0.3 is 9.73 Å². The minimum Gasteiger partial charge on any atom is -0.436 e. The molecular formula is C17H13ClN2O2. The molecule has 1 heterocycles. The van der Waals surface area contributed by atoms with Gasteiger partial charge in [-0.2, -0.15) is 0 Å². The van der Waals surface area contributed by atoms with Crippen LogP contribution in [-0.4, -0.2) is 10.9 Å². The molecule has 4 nitrogen and oxygen atoms in total. The Labute approximate surface area is 132 Å². The lowest BCUT2D eigenvalue weighted by molar-refractivity contribution is -0.117. The predicted molar refractivity (Wildman–Crippen MR) is 85.8 cm³/mol. The molecule has 0 bridgehead atoms. The van der Waals surface area contributed by atoms with Crippen LogP contribution >= 0.6 is 11.6 Å². The fourth-order valence-corrected chi connectivity index (χ4v) is 2.51. The zero-order valence-corrected chi connectivity index (χ0v) is 12.4. The van der Waals surface area contributed by atoms with Crippen molar-refractivity contribution in [2.24, 2.45) is 5.92 Å². The molecule has 1 aliphatic carbocycles. The number of hydrogen-bond donors (Lipinski definition) is 1. The number of fused-ring (bicyclic) bond motifs is 1. The van der Waals surface area contributed by atoms with E-state index in [1.54, 1.807) is 18.2 Å². The molecule has 1 aliphatic rings. The largest absolute Gasteiger partial charge is 0.436 e. The Morgan fingerprint density at radius 1 is 1.23 bits per heavy atom. The lowest BCUT2D eigenvalue weighted by Gasteiger charge is -2.05. The third-order valence-electron chi connectivity index (χ3n) is 3.67. The Morgan fingerprint density at radius 2 is 2.09 bits per heavy atom. The quantitative estimate of drug-likeness (QED) is 0.775. The van der Waals surface area contributed by atoms with Gasteiger partial charge >= 0.3 is 0 Å². The first-order chi connectivity index (χ1) is 10.7. The van der Waals surface area contributed by atoms with Gasteiger partial charge in [0.25, 0.3) is 0 Å². The van der Waals surface area contributed by atoms with Crippen LogP contribution < -0.4 is 5.32 Å². The number of amides is 1. The van der Waals surface area contributed by atoms with Gasteiger partial charge in [-0.15, -0.1) is 0 Å². The smallest absolute Gasteiger partial charge is 0.227 e. The SMILES string of the molecule is O=C(Nc1cccc(-c2nc3cc(Cl)ccc3o2)c1)C1CC1. The molecule has 0 aliphatic heterocycles. The Balaban J connectivity index is 1.66. The molecule has 1 aromatic heterocycles. The van der Waals surface area contributed by atoms with E-state index in [0.29, 0.717) is 16.5 Å². The molecule has 0 spiro atoms. The number of oxazole rings is 1. The van der Waals surface area contributed by atoms with Gasteiger partial charge in [-0.3, -0.25) is 4.79 Å². The highest BCUT2D eigenvalue weighted by atomic mass is 35.5. The number of nitrogens with one attached hydrogen (secondary N) is 1. The minimum absolute atomic E-state index is 0.0847. The van der Waals surface area contributed by atoms with Crippen molar-refractivity contribution in [2.45, 2.75) is 12.8 Å². The summed E-state index contributed by atoms with van der Waals surface area (Å²) in [5.41, 5.74) is 2.98. The molecule has 0 saturated heterocycles. The molecule has 5 heteroatoms. The first kappa shape index (κ1) is 13.3. The maximum Gasteiger partial charge on any atom is 0.227 e. The maximum atomic E-state index is 11.8. The molecule has 2 aromatic carbocycles. The lowest BCUT2D eigenvalue weighted by Crippen LogP contribution is -2.13. The van der Waals surface area contributed by atoms with Crippen molar-refractivity contribution < 1.29 is 9.21 Å². The molecule has 0 unspecified atom stereocenters. The maximum absolute atomic E-state index is 11.8. The Kier molecular flexibility index (Phi) is 3.12. The van der Waals surface area contributed by atoms with Crippen LogP contribution in [0.4, 0.5) is 5.69 Å². The van der Waals surface area contributed by atoms with Crippen LogP contribution in [0.2, 0.25) is 5.02 Å². The average molecular weight is 313 g/mol. The molecule has 22 heavy (non-hydrogen) atoms. The fraction of sp³-hybridized carbons (Fsp3) is 0.176. The van der Waals surface area contributed by atoms with E-state index in [1.165, 1.54) is 0 Å². The highest BCUT2D eigenvalue weighted by Gasteiger charge is 2.29. The molecule has 0 atom stereocenters. The van der Waals surface area contributed by atoms with Crippen LogP contribution in [0.3, 0.4) is 0 Å². The van der Waals surface area contributed by atoms with Crippen molar-refractivity contribution in [3.63, 3.8) is 0 Å². The third-order valence-corrected chi connectivity index (χ3v) is 3.91. The minimum atomic E-state index is 0.0847. The Hall–Kier alpha value is -2.33. The molecule has 110 valence electrons. The van der Waals surface area contributed by atoms with Gasteiger partial charge in [-0.1, -0.05) is 17.7 Å². The summed E-state index contributed by atoms with van der Waals surface area (Å²) in [5, 5.41) is 3.55. The molecule has 1 fully saturated rings. The molecular weight excluding hydrogens is 300 g/mol. The second kappa shape index (κ2) is 5.14. The van der Waals surface area contributed by atoms with Gasteiger partial charge in [0.05, 0.1) is 0 Å². The van der Waals surface area contributed by atoms with E-state index in [9.17, 15) is 4.79 Å². The normalized spacial score (nSPS) is 14.2. The highest BCUT2D eigenvalue weighted by molar-refractivity contribution is 6.31. The van der Waals surface area contributed by atoms with E-state index in [1.807, 2.05) is 24.3 Å². The summed E-state index contributed by atoms with van der Waals surface area (Å²) in [6.07, 6.45) is 1.97. The third kappa shape index (κ3) is 2.57. The number of rotatable bonds is 3.